The predicted molar refractivity (Wildman–Crippen MR) is 116 cm³/mol. The number of rotatable bonds is 3. The third kappa shape index (κ3) is 2.79. The molecule has 1 saturated carbocycles. The van der Waals surface area contributed by atoms with Gasteiger partial charge < -0.3 is 15.2 Å². The predicted octanol–water partition coefficient (Wildman–Crippen LogP) is 2.02. The van der Waals surface area contributed by atoms with Crippen molar-refractivity contribution in [2.24, 2.45) is 0 Å². The van der Waals surface area contributed by atoms with E-state index in [0.717, 1.165) is 37.2 Å². The molecule has 7 nitrogen and oxygen atoms in total. The molecule has 3 amide bonds. The maximum absolute atomic E-state index is 12.9. The highest BCUT2D eigenvalue weighted by atomic mass is 16.5. The highest BCUT2D eigenvalue weighted by molar-refractivity contribution is 6.07. The molecular weight excluding hydrogens is 394 g/mol. The van der Waals surface area contributed by atoms with E-state index in [2.05, 4.69) is 41.5 Å². The average molecular weight is 426 g/mol. The molecule has 7 heteroatoms. The van der Waals surface area contributed by atoms with Crippen LogP contribution in [-0.2, 0) is 16.6 Å². The molecule has 1 aromatic carbocycles. The molecule has 166 valence electrons. The Kier molecular flexibility index (Phi) is 4.51. The Balaban J connectivity index is 1.65. The summed E-state index contributed by atoms with van der Waals surface area (Å²) in [6.45, 7) is 5.83. The summed E-state index contributed by atoms with van der Waals surface area (Å²) < 4.78 is 5.52. The number of likely N-dealkylation sites (tertiary alicyclic amines) is 1. The maximum atomic E-state index is 12.9. The average Bonchev–Trinajstić information content (AvgIpc) is 3.00. The van der Waals surface area contributed by atoms with Gasteiger partial charge in [-0.25, -0.2) is 4.79 Å². The topological polar surface area (TPSA) is 90.9 Å². The molecular formula is C24H31N3O4. The molecule has 2 aliphatic carbocycles. The molecule has 2 heterocycles. The van der Waals surface area contributed by atoms with Crippen molar-refractivity contribution in [3.05, 3.63) is 41.0 Å². The molecule has 0 aromatic heterocycles. The summed E-state index contributed by atoms with van der Waals surface area (Å²) in [5.74, 6) is 0.480. The van der Waals surface area contributed by atoms with Crippen molar-refractivity contribution in [1.29, 1.82) is 0 Å². The number of urea groups is 1. The van der Waals surface area contributed by atoms with E-state index in [-0.39, 0.29) is 11.9 Å². The Labute approximate surface area is 182 Å². The Hall–Kier alpha value is -2.38. The minimum atomic E-state index is -0.973. The lowest BCUT2D eigenvalue weighted by Crippen LogP contribution is -2.76. The first-order valence-corrected chi connectivity index (χ1v) is 11.1. The Morgan fingerprint density at radius 2 is 2.10 bits per heavy atom. The van der Waals surface area contributed by atoms with E-state index < -0.39 is 22.6 Å². The smallest absolute Gasteiger partial charge is 0.322 e. The molecule has 2 aliphatic heterocycles. The van der Waals surface area contributed by atoms with E-state index in [1.807, 2.05) is 12.1 Å². The lowest BCUT2D eigenvalue weighted by Gasteiger charge is -2.65. The number of allylic oxidation sites excluding steroid dienone is 1. The fraction of sp³-hybridized carbons (Fsp3) is 0.583. The minimum Gasteiger partial charge on any atom is -0.497 e. The number of piperidine rings is 1. The number of hydrogen-bond acceptors (Lipinski definition) is 5. The Morgan fingerprint density at radius 3 is 2.77 bits per heavy atom. The standard InChI is InChI=1S/C24H31N3O4/c1-15(2)6-10-27-11-9-22-14-23(20(28)25-21(29)26-23)7-8-24(22,30)19(27)12-16-4-5-17(31-3)13-18(16)22/h4-6,13,19,30H,7-12,14H2,1-3H3,(H2,25,26,28,29)/t19-,22-,23+,24-/m1/s1. The zero-order chi connectivity index (χ0) is 22.0. The Morgan fingerprint density at radius 1 is 1.29 bits per heavy atom. The van der Waals surface area contributed by atoms with Crippen LogP contribution < -0.4 is 15.4 Å². The third-order valence-electron chi connectivity index (χ3n) is 8.18. The molecule has 1 spiro atoms. The van der Waals surface area contributed by atoms with Crippen LogP contribution >= 0.6 is 0 Å². The quantitative estimate of drug-likeness (QED) is 0.509. The number of fused-ring (bicyclic) bond motifs is 1. The molecule has 5 rings (SSSR count). The largest absolute Gasteiger partial charge is 0.497 e. The van der Waals surface area contributed by atoms with Gasteiger partial charge in [0, 0.05) is 18.0 Å². The number of nitrogens with zero attached hydrogens (tertiary/aromatic N) is 1. The maximum Gasteiger partial charge on any atom is 0.322 e. The first kappa shape index (κ1) is 20.5. The molecule has 0 radical (unpaired) electrons. The van der Waals surface area contributed by atoms with Gasteiger partial charge in [0.15, 0.2) is 0 Å². The lowest BCUT2D eigenvalue weighted by molar-refractivity contribution is -0.178. The summed E-state index contributed by atoms with van der Waals surface area (Å²) in [5, 5.41) is 17.7. The molecule has 3 N–H and O–H groups in total. The van der Waals surface area contributed by atoms with Crippen molar-refractivity contribution in [1.82, 2.24) is 15.5 Å². The summed E-state index contributed by atoms with van der Waals surface area (Å²) in [7, 11) is 1.65. The van der Waals surface area contributed by atoms with Crippen molar-refractivity contribution in [3.8, 4) is 5.75 Å². The summed E-state index contributed by atoms with van der Waals surface area (Å²) in [4.78, 5) is 27.3. The number of carbonyl (C=O) groups excluding carboxylic acids is 2. The number of methoxy groups -OCH3 is 1. The lowest BCUT2D eigenvalue weighted by atomic mass is 9.46. The van der Waals surface area contributed by atoms with Crippen LogP contribution in [0, 0.1) is 0 Å². The van der Waals surface area contributed by atoms with E-state index in [9.17, 15) is 14.7 Å². The van der Waals surface area contributed by atoms with Gasteiger partial charge in [0.1, 0.15) is 11.3 Å². The van der Waals surface area contributed by atoms with Crippen LogP contribution in [0.1, 0.15) is 50.7 Å². The van der Waals surface area contributed by atoms with Gasteiger partial charge in [0.25, 0.3) is 5.91 Å². The van der Waals surface area contributed by atoms with E-state index in [1.54, 1.807) is 7.11 Å². The van der Waals surface area contributed by atoms with Crippen LogP contribution in [0.4, 0.5) is 4.79 Å². The first-order chi connectivity index (χ1) is 14.7. The number of aliphatic hydroxyl groups is 1. The van der Waals surface area contributed by atoms with Crippen molar-refractivity contribution in [2.75, 3.05) is 20.2 Å². The highest BCUT2D eigenvalue weighted by Crippen LogP contribution is 2.60. The van der Waals surface area contributed by atoms with Crippen LogP contribution in [0.2, 0.25) is 0 Å². The van der Waals surface area contributed by atoms with Crippen molar-refractivity contribution in [3.63, 3.8) is 0 Å². The number of carbonyl (C=O) groups is 2. The van der Waals surface area contributed by atoms with Gasteiger partial charge in [-0.3, -0.25) is 15.0 Å². The van der Waals surface area contributed by atoms with Crippen molar-refractivity contribution < 1.29 is 19.4 Å². The number of benzene rings is 1. The van der Waals surface area contributed by atoms with Crippen LogP contribution in [0.5, 0.6) is 5.75 Å². The van der Waals surface area contributed by atoms with Crippen molar-refractivity contribution >= 4 is 11.9 Å². The van der Waals surface area contributed by atoms with Gasteiger partial charge in [0.05, 0.1) is 12.7 Å². The fourth-order valence-electron chi connectivity index (χ4n) is 6.60. The van der Waals surface area contributed by atoms with E-state index >= 15 is 0 Å². The number of nitrogens with one attached hydrogen (secondary N) is 2. The second kappa shape index (κ2) is 6.81. The summed E-state index contributed by atoms with van der Waals surface area (Å²) in [6.07, 6.45) is 5.01. The Bertz CT molecular complexity index is 987. The second-order valence-corrected chi connectivity index (χ2v) is 9.94. The first-order valence-electron chi connectivity index (χ1n) is 11.1. The van der Waals surface area contributed by atoms with Crippen LogP contribution in [-0.4, -0.2) is 59.3 Å². The summed E-state index contributed by atoms with van der Waals surface area (Å²) in [5.41, 5.74) is 0.971. The molecule has 1 aromatic rings. The molecule has 3 fully saturated rings. The van der Waals surface area contributed by atoms with Crippen LogP contribution in [0.15, 0.2) is 29.8 Å². The normalized spacial score (nSPS) is 36.3. The van der Waals surface area contributed by atoms with Gasteiger partial charge in [-0.2, -0.15) is 0 Å². The molecule has 4 atom stereocenters. The SMILES string of the molecule is COc1ccc2c(c1)[C@]13CCN(CC=C(C)C)[C@H](C2)[C@]1(O)CC[C@@]1(C3)NC(=O)NC1=O. The number of amides is 3. The fourth-order valence-corrected chi connectivity index (χ4v) is 6.60. The van der Waals surface area contributed by atoms with Gasteiger partial charge in [0.2, 0.25) is 0 Å². The molecule has 4 aliphatic rings. The van der Waals surface area contributed by atoms with Crippen LogP contribution in [0.25, 0.3) is 0 Å². The van der Waals surface area contributed by atoms with Crippen LogP contribution in [0.3, 0.4) is 0 Å². The monoisotopic (exact) mass is 425 g/mol. The second-order valence-electron chi connectivity index (χ2n) is 9.94. The number of imide groups is 1. The third-order valence-corrected chi connectivity index (χ3v) is 8.18. The van der Waals surface area contributed by atoms with Gasteiger partial charge in [-0.15, -0.1) is 0 Å². The van der Waals surface area contributed by atoms with E-state index in [4.69, 9.17) is 4.74 Å². The number of ether oxygens (including phenoxy) is 1. The number of hydrogen-bond donors (Lipinski definition) is 3. The van der Waals surface area contributed by atoms with Crippen molar-refractivity contribution in [2.45, 2.75) is 68.5 Å². The van der Waals surface area contributed by atoms with E-state index in [1.165, 1.54) is 11.1 Å². The highest BCUT2D eigenvalue weighted by Gasteiger charge is 2.69. The summed E-state index contributed by atoms with van der Waals surface area (Å²) in [6, 6.07) is 5.64. The van der Waals surface area contributed by atoms with Gasteiger partial charge >= 0.3 is 6.03 Å². The molecule has 0 unspecified atom stereocenters. The molecule has 2 bridgehead atoms. The zero-order valence-corrected chi connectivity index (χ0v) is 18.5. The van der Waals surface area contributed by atoms with Gasteiger partial charge in [-0.05, 0) is 75.8 Å². The summed E-state index contributed by atoms with van der Waals surface area (Å²) >= 11 is 0. The zero-order valence-electron chi connectivity index (χ0n) is 18.5. The molecule has 2 saturated heterocycles. The minimum absolute atomic E-state index is 0.0322. The molecule has 31 heavy (non-hydrogen) atoms. The van der Waals surface area contributed by atoms with Gasteiger partial charge in [-0.1, -0.05) is 17.7 Å². The van der Waals surface area contributed by atoms with E-state index in [0.29, 0.717) is 19.3 Å².